The monoisotopic (exact) mass is 458 g/mol. The molecule has 0 bridgehead atoms. The molecule has 33 heavy (non-hydrogen) atoms. The van der Waals surface area contributed by atoms with Crippen LogP contribution in [0.25, 0.3) is 0 Å². The van der Waals surface area contributed by atoms with Gasteiger partial charge in [0, 0.05) is 23.3 Å². The summed E-state index contributed by atoms with van der Waals surface area (Å²) in [5.74, 6) is -3.76. The zero-order valence-corrected chi connectivity index (χ0v) is 17.0. The number of hydrogen-bond donors (Lipinski definition) is 4. The highest BCUT2D eigenvalue weighted by atomic mass is 16.6. The molecule has 2 rings (SSSR count). The summed E-state index contributed by atoms with van der Waals surface area (Å²) in [5.41, 5.74) is 3.67. The third-order valence-corrected chi connectivity index (χ3v) is 4.21. The number of phenolic OH excluding ortho intramolecular Hbond substituents is 2. The number of nitro benzene ring substituents is 2. The normalized spacial score (nSPS) is 11.1. The van der Waals surface area contributed by atoms with Gasteiger partial charge < -0.3 is 10.2 Å². The van der Waals surface area contributed by atoms with Crippen molar-refractivity contribution in [1.29, 1.82) is 0 Å². The molecular weight excluding hydrogens is 440 g/mol. The van der Waals surface area contributed by atoms with Gasteiger partial charge in [-0.05, 0) is 30.7 Å². The molecule has 14 nitrogen and oxygen atoms in total. The molecule has 0 aliphatic carbocycles. The summed E-state index contributed by atoms with van der Waals surface area (Å²) < 4.78 is 0. The summed E-state index contributed by atoms with van der Waals surface area (Å²) in [6, 6.07) is 6.98. The van der Waals surface area contributed by atoms with E-state index in [0.29, 0.717) is 0 Å². The first-order valence-corrected chi connectivity index (χ1v) is 9.24. The summed E-state index contributed by atoms with van der Waals surface area (Å²) in [6.07, 6.45) is 2.30. The Balaban J connectivity index is 1.99. The number of carbonyl (C=O) groups excluding carboxylic acids is 2. The van der Waals surface area contributed by atoms with E-state index in [9.17, 15) is 40.0 Å². The molecule has 0 aliphatic heterocycles. The Bertz CT molecular complexity index is 1060. The fraction of sp³-hybridized carbons (Fsp3) is 0.158. The predicted octanol–water partition coefficient (Wildman–Crippen LogP) is 1.54. The van der Waals surface area contributed by atoms with E-state index in [1.54, 1.807) is 6.92 Å². The van der Waals surface area contributed by atoms with Crippen molar-refractivity contribution in [3.8, 4) is 11.5 Å². The van der Waals surface area contributed by atoms with Crippen LogP contribution in [0.5, 0.6) is 11.5 Å². The van der Waals surface area contributed by atoms with E-state index in [2.05, 4.69) is 21.1 Å². The van der Waals surface area contributed by atoms with Gasteiger partial charge in [-0.15, -0.1) is 0 Å². The number of hydrazone groups is 2. The Kier molecular flexibility index (Phi) is 8.09. The van der Waals surface area contributed by atoms with Crippen LogP contribution in [0.4, 0.5) is 11.4 Å². The molecule has 4 N–H and O–H groups in total. The van der Waals surface area contributed by atoms with Crippen molar-refractivity contribution in [1.82, 2.24) is 10.9 Å². The SMILES string of the molecule is CCC(C(=O)N/N=C\c1ccc(O)c([N+](=O)[O-])c1)C(=O)N/N=C\c1ccc(O)c([N+](=O)[O-])c1. The van der Waals surface area contributed by atoms with Crippen LogP contribution in [-0.4, -0.2) is 44.3 Å². The van der Waals surface area contributed by atoms with E-state index >= 15 is 0 Å². The van der Waals surface area contributed by atoms with Crippen molar-refractivity contribution in [2.75, 3.05) is 0 Å². The molecule has 0 unspecified atom stereocenters. The quantitative estimate of drug-likeness (QED) is 0.187. The summed E-state index contributed by atoms with van der Waals surface area (Å²) in [6.45, 7) is 1.57. The number of amides is 2. The zero-order chi connectivity index (χ0) is 24.5. The number of rotatable bonds is 9. The average molecular weight is 458 g/mol. The molecule has 0 atom stereocenters. The number of nitrogens with one attached hydrogen (secondary N) is 2. The van der Waals surface area contributed by atoms with Gasteiger partial charge in [0.25, 0.3) is 11.8 Å². The molecule has 2 amide bonds. The highest BCUT2D eigenvalue weighted by molar-refractivity contribution is 6.00. The standard InChI is InChI=1S/C19H18N6O8/c1-2-13(18(28)22-20-9-11-3-5-16(26)14(7-11)24(30)31)19(29)23-21-10-12-4-6-17(27)15(8-12)25(32)33/h3-10,13,26-27H,2H2,1H3,(H,22,28)(H,23,29)/b20-9-,21-10-. The molecule has 2 aromatic carbocycles. The molecule has 0 aromatic heterocycles. The van der Waals surface area contributed by atoms with Gasteiger partial charge in [-0.2, -0.15) is 10.2 Å². The second kappa shape index (κ2) is 10.9. The van der Waals surface area contributed by atoms with E-state index in [1.165, 1.54) is 12.1 Å². The first-order chi connectivity index (χ1) is 15.6. The predicted molar refractivity (Wildman–Crippen MR) is 115 cm³/mol. The van der Waals surface area contributed by atoms with E-state index in [-0.39, 0.29) is 17.5 Å². The van der Waals surface area contributed by atoms with Crippen molar-refractivity contribution in [2.24, 2.45) is 16.1 Å². The Morgan fingerprint density at radius 3 is 1.64 bits per heavy atom. The maximum atomic E-state index is 12.2. The lowest BCUT2D eigenvalue weighted by atomic mass is 10.1. The third kappa shape index (κ3) is 6.55. The smallest absolute Gasteiger partial charge is 0.311 e. The van der Waals surface area contributed by atoms with Crippen molar-refractivity contribution in [3.63, 3.8) is 0 Å². The maximum Gasteiger partial charge on any atom is 0.311 e. The molecule has 2 aromatic rings. The molecule has 0 heterocycles. The summed E-state index contributed by atoms with van der Waals surface area (Å²) in [4.78, 5) is 44.6. The highest BCUT2D eigenvalue weighted by Gasteiger charge is 2.24. The Morgan fingerprint density at radius 1 is 0.909 bits per heavy atom. The van der Waals surface area contributed by atoms with Crippen molar-refractivity contribution >= 4 is 35.6 Å². The number of phenols is 2. The molecule has 0 saturated carbocycles. The summed E-state index contributed by atoms with van der Waals surface area (Å²) >= 11 is 0. The van der Waals surface area contributed by atoms with Crippen LogP contribution in [0.1, 0.15) is 24.5 Å². The summed E-state index contributed by atoms with van der Waals surface area (Å²) in [7, 11) is 0. The van der Waals surface area contributed by atoms with Crippen molar-refractivity contribution in [3.05, 3.63) is 67.8 Å². The minimum Gasteiger partial charge on any atom is -0.502 e. The van der Waals surface area contributed by atoms with Crippen LogP contribution in [-0.2, 0) is 9.59 Å². The van der Waals surface area contributed by atoms with Crippen LogP contribution >= 0.6 is 0 Å². The number of carbonyl (C=O) groups is 2. The number of aromatic hydroxyl groups is 2. The van der Waals surface area contributed by atoms with Crippen molar-refractivity contribution in [2.45, 2.75) is 13.3 Å². The lowest BCUT2D eigenvalue weighted by molar-refractivity contribution is -0.386. The molecule has 172 valence electrons. The number of nitrogens with zero attached hydrogens (tertiary/aromatic N) is 4. The Labute approximate surface area is 185 Å². The molecule has 0 aliphatic rings. The fourth-order valence-corrected chi connectivity index (χ4v) is 2.52. The lowest BCUT2D eigenvalue weighted by Crippen LogP contribution is -2.37. The van der Waals surface area contributed by atoms with Crippen LogP contribution < -0.4 is 10.9 Å². The van der Waals surface area contributed by atoms with E-state index < -0.39 is 50.5 Å². The second-order valence-electron chi connectivity index (χ2n) is 6.44. The van der Waals surface area contributed by atoms with Gasteiger partial charge in [-0.1, -0.05) is 6.92 Å². The van der Waals surface area contributed by atoms with E-state index in [1.807, 2.05) is 0 Å². The van der Waals surface area contributed by atoms with Crippen LogP contribution in [0.3, 0.4) is 0 Å². The third-order valence-electron chi connectivity index (χ3n) is 4.21. The van der Waals surface area contributed by atoms with Gasteiger partial charge in [0.1, 0.15) is 5.92 Å². The Hall–Kier alpha value is -4.88. The first-order valence-electron chi connectivity index (χ1n) is 9.24. The number of hydrogen-bond acceptors (Lipinski definition) is 10. The van der Waals surface area contributed by atoms with Gasteiger partial charge in [0.05, 0.1) is 22.3 Å². The zero-order valence-electron chi connectivity index (χ0n) is 17.0. The molecular formula is C19H18N6O8. The van der Waals surface area contributed by atoms with Crippen LogP contribution in [0, 0.1) is 26.1 Å². The first kappa shape index (κ1) is 24.4. The van der Waals surface area contributed by atoms with Gasteiger partial charge in [0.2, 0.25) is 0 Å². The van der Waals surface area contributed by atoms with Crippen LogP contribution in [0.15, 0.2) is 46.6 Å². The second-order valence-corrected chi connectivity index (χ2v) is 6.44. The average Bonchev–Trinajstić information content (AvgIpc) is 2.76. The topological polar surface area (TPSA) is 210 Å². The molecule has 0 fully saturated rings. The minimum atomic E-state index is -1.18. The van der Waals surface area contributed by atoms with Crippen molar-refractivity contribution < 1.29 is 29.6 Å². The van der Waals surface area contributed by atoms with Gasteiger partial charge in [-0.25, -0.2) is 10.9 Å². The highest BCUT2D eigenvalue weighted by Crippen LogP contribution is 2.26. The molecule has 0 radical (unpaired) electrons. The van der Waals surface area contributed by atoms with Gasteiger partial charge >= 0.3 is 11.4 Å². The van der Waals surface area contributed by atoms with Crippen LogP contribution in [0.2, 0.25) is 0 Å². The minimum absolute atomic E-state index is 0.0953. The van der Waals surface area contributed by atoms with Gasteiger partial charge in [-0.3, -0.25) is 29.8 Å². The van der Waals surface area contributed by atoms with E-state index in [4.69, 9.17) is 0 Å². The largest absolute Gasteiger partial charge is 0.502 e. The molecule has 0 spiro atoms. The summed E-state index contributed by atoms with van der Waals surface area (Å²) in [5, 5.41) is 47.8. The fourth-order valence-electron chi connectivity index (χ4n) is 2.52. The molecule has 14 heteroatoms. The maximum absolute atomic E-state index is 12.2. The Morgan fingerprint density at radius 2 is 1.30 bits per heavy atom. The van der Waals surface area contributed by atoms with Gasteiger partial charge in [0.15, 0.2) is 11.5 Å². The lowest BCUT2D eigenvalue weighted by Gasteiger charge is -2.10. The van der Waals surface area contributed by atoms with E-state index in [0.717, 1.165) is 36.7 Å². The number of nitro groups is 2. The number of benzene rings is 2. The molecule has 0 saturated heterocycles.